The Morgan fingerprint density at radius 3 is 2.27 bits per heavy atom. The van der Waals surface area contributed by atoms with Gasteiger partial charge in [-0.05, 0) is 29.8 Å². The van der Waals surface area contributed by atoms with Crippen molar-refractivity contribution in [2.45, 2.75) is 6.42 Å². The molecule has 0 aliphatic carbocycles. The molecule has 0 spiro atoms. The first-order valence-corrected chi connectivity index (χ1v) is 7.71. The molecule has 2 aromatic rings. The van der Waals surface area contributed by atoms with E-state index in [2.05, 4.69) is 0 Å². The number of methoxy groups -OCH3 is 3. The number of ketones is 1. The van der Waals surface area contributed by atoms with Crippen molar-refractivity contribution < 1.29 is 32.9 Å². The Balaban J connectivity index is 1.96. The fraction of sp³-hybridized carbons (Fsp3) is 0.263. The molecule has 138 valence electrons. The molecule has 2 rings (SSSR count). The number of hydrogen-bond donors (Lipinski definition) is 0. The van der Waals surface area contributed by atoms with Crippen LogP contribution in [0.2, 0.25) is 0 Å². The molecule has 26 heavy (non-hydrogen) atoms. The van der Waals surface area contributed by atoms with Gasteiger partial charge < -0.3 is 18.9 Å². The molecule has 0 heterocycles. The number of hydrogen-bond acceptors (Lipinski definition) is 6. The highest BCUT2D eigenvalue weighted by Gasteiger charge is 2.16. The van der Waals surface area contributed by atoms with E-state index in [0.717, 1.165) is 0 Å². The third kappa shape index (κ3) is 4.72. The molecule has 0 amide bonds. The van der Waals surface area contributed by atoms with Crippen molar-refractivity contribution in [3.63, 3.8) is 0 Å². The van der Waals surface area contributed by atoms with Crippen LogP contribution in [0.15, 0.2) is 36.4 Å². The second-order valence-corrected chi connectivity index (χ2v) is 5.30. The normalized spacial score (nSPS) is 10.2. The van der Waals surface area contributed by atoms with Crippen LogP contribution in [0.5, 0.6) is 17.2 Å². The van der Waals surface area contributed by atoms with E-state index in [1.807, 2.05) is 0 Å². The number of halogens is 1. The predicted molar refractivity (Wildman–Crippen MR) is 91.5 cm³/mol. The van der Waals surface area contributed by atoms with Gasteiger partial charge in [-0.2, -0.15) is 0 Å². The average Bonchev–Trinajstić information content (AvgIpc) is 2.65. The van der Waals surface area contributed by atoms with E-state index < -0.39 is 24.2 Å². The molecule has 0 saturated heterocycles. The first-order valence-electron chi connectivity index (χ1n) is 7.71. The minimum atomic E-state index is -0.643. The van der Waals surface area contributed by atoms with Crippen molar-refractivity contribution in [1.29, 1.82) is 0 Å². The summed E-state index contributed by atoms with van der Waals surface area (Å²) in [6.07, 6.45) is -0.159. The molecule has 0 atom stereocenters. The van der Waals surface area contributed by atoms with Gasteiger partial charge in [0, 0.05) is 6.07 Å². The van der Waals surface area contributed by atoms with Gasteiger partial charge in [-0.1, -0.05) is 6.07 Å². The largest absolute Gasteiger partial charge is 0.497 e. The van der Waals surface area contributed by atoms with Gasteiger partial charge in [0.05, 0.1) is 33.3 Å². The van der Waals surface area contributed by atoms with Gasteiger partial charge in [0.2, 0.25) is 5.78 Å². The minimum absolute atomic E-state index is 0.0869. The minimum Gasteiger partial charge on any atom is -0.497 e. The molecule has 0 aliphatic rings. The summed E-state index contributed by atoms with van der Waals surface area (Å²) in [5.74, 6) is -0.686. The van der Waals surface area contributed by atoms with E-state index in [-0.39, 0.29) is 17.7 Å². The Hall–Kier alpha value is -3.09. The fourth-order valence-electron chi connectivity index (χ4n) is 2.29. The third-order valence-corrected chi connectivity index (χ3v) is 3.64. The molecular weight excluding hydrogens is 343 g/mol. The average molecular weight is 362 g/mol. The van der Waals surface area contributed by atoms with Gasteiger partial charge in [-0.15, -0.1) is 0 Å². The fourth-order valence-corrected chi connectivity index (χ4v) is 2.29. The maximum absolute atomic E-state index is 13.6. The molecular formula is C19H19FO6. The summed E-state index contributed by atoms with van der Waals surface area (Å²) in [6.45, 7) is -0.444. The van der Waals surface area contributed by atoms with Crippen molar-refractivity contribution in [3.05, 3.63) is 53.3 Å². The van der Waals surface area contributed by atoms with E-state index in [1.165, 1.54) is 39.5 Å². The molecule has 0 bridgehead atoms. The standard InChI is InChI=1S/C19H19FO6/c1-23-13-5-6-14(18(10-13)25-3)16(21)11-26-19(22)9-12-4-7-17(24-2)15(20)8-12/h4-8,10H,9,11H2,1-3H3. The van der Waals surface area contributed by atoms with E-state index >= 15 is 0 Å². The molecule has 0 aromatic heterocycles. The van der Waals surface area contributed by atoms with E-state index in [0.29, 0.717) is 17.1 Å². The Morgan fingerprint density at radius 2 is 1.65 bits per heavy atom. The quantitative estimate of drug-likeness (QED) is 0.531. The van der Waals surface area contributed by atoms with Gasteiger partial charge in [0.15, 0.2) is 18.2 Å². The summed E-state index contributed by atoms with van der Waals surface area (Å²) >= 11 is 0. The number of rotatable bonds is 8. The Bertz CT molecular complexity index is 803. The monoisotopic (exact) mass is 362 g/mol. The summed E-state index contributed by atoms with van der Waals surface area (Å²) in [5, 5.41) is 0. The molecule has 0 N–H and O–H groups in total. The number of carbonyl (C=O) groups excluding carboxylic acids is 2. The lowest BCUT2D eigenvalue weighted by Crippen LogP contribution is -2.16. The zero-order valence-electron chi connectivity index (χ0n) is 14.7. The number of benzene rings is 2. The van der Waals surface area contributed by atoms with Crippen LogP contribution in [-0.2, 0) is 16.0 Å². The number of carbonyl (C=O) groups is 2. The van der Waals surface area contributed by atoms with Crippen LogP contribution < -0.4 is 14.2 Å². The smallest absolute Gasteiger partial charge is 0.310 e. The Labute approximate surface area is 150 Å². The van der Waals surface area contributed by atoms with Gasteiger partial charge in [0.1, 0.15) is 11.5 Å². The van der Waals surface area contributed by atoms with E-state index in [4.69, 9.17) is 18.9 Å². The van der Waals surface area contributed by atoms with Crippen LogP contribution in [0, 0.1) is 5.82 Å². The van der Waals surface area contributed by atoms with Crippen molar-refractivity contribution in [2.75, 3.05) is 27.9 Å². The van der Waals surface area contributed by atoms with Crippen molar-refractivity contribution in [2.24, 2.45) is 0 Å². The molecule has 6 nitrogen and oxygen atoms in total. The number of Topliss-reactive ketones (excluding diaryl/α,β-unsaturated/α-hetero) is 1. The maximum atomic E-state index is 13.6. The van der Waals surface area contributed by atoms with Crippen LogP contribution in [0.4, 0.5) is 4.39 Å². The van der Waals surface area contributed by atoms with Crippen LogP contribution in [0.3, 0.4) is 0 Å². The highest BCUT2D eigenvalue weighted by Crippen LogP contribution is 2.25. The predicted octanol–water partition coefficient (Wildman–Crippen LogP) is 2.82. The molecule has 7 heteroatoms. The van der Waals surface area contributed by atoms with Crippen LogP contribution in [0.25, 0.3) is 0 Å². The van der Waals surface area contributed by atoms with Crippen LogP contribution >= 0.6 is 0 Å². The number of esters is 1. The van der Waals surface area contributed by atoms with E-state index in [1.54, 1.807) is 18.2 Å². The summed E-state index contributed by atoms with van der Waals surface area (Å²) in [6, 6.07) is 8.87. The lowest BCUT2D eigenvalue weighted by atomic mass is 10.1. The van der Waals surface area contributed by atoms with Gasteiger partial charge in [-0.25, -0.2) is 4.39 Å². The van der Waals surface area contributed by atoms with Crippen molar-refractivity contribution in [3.8, 4) is 17.2 Å². The zero-order valence-corrected chi connectivity index (χ0v) is 14.7. The summed E-state index contributed by atoms with van der Waals surface area (Å²) in [5.41, 5.74) is 0.694. The second-order valence-electron chi connectivity index (χ2n) is 5.30. The maximum Gasteiger partial charge on any atom is 0.310 e. The first kappa shape index (κ1) is 19.2. The first-order chi connectivity index (χ1) is 12.5. The molecule has 0 saturated carbocycles. The van der Waals surface area contributed by atoms with Gasteiger partial charge in [-0.3, -0.25) is 9.59 Å². The molecule has 2 aromatic carbocycles. The SMILES string of the molecule is COc1ccc(C(=O)COC(=O)Cc2ccc(OC)c(F)c2)c(OC)c1. The van der Waals surface area contributed by atoms with Gasteiger partial charge >= 0.3 is 5.97 Å². The third-order valence-electron chi connectivity index (χ3n) is 3.64. The number of ether oxygens (including phenoxy) is 4. The topological polar surface area (TPSA) is 71.1 Å². The molecule has 0 fully saturated rings. The summed E-state index contributed by atoms with van der Waals surface area (Å²) in [7, 11) is 4.28. The highest BCUT2D eigenvalue weighted by molar-refractivity contribution is 6.00. The lowest BCUT2D eigenvalue weighted by Gasteiger charge is -2.10. The summed E-state index contributed by atoms with van der Waals surface area (Å²) < 4.78 is 33.6. The molecule has 0 aliphatic heterocycles. The highest BCUT2D eigenvalue weighted by atomic mass is 19.1. The molecule has 0 unspecified atom stereocenters. The van der Waals surface area contributed by atoms with Crippen molar-refractivity contribution >= 4 is 11.8 Å². The van der Waals surface area contributed by atoms with E-state index in [9.17, 15) is 14.0 Å². The van der Waals surface area contributed by atoms with Crippen LogP contribution in [-0.4, -0.2) is 39.7 Å². The lowest BCUT2D eigenvalue weighted by molar-refractivity contribution is -0.141. The van der Waals surface area contributed by atoms with Gasteiger partial charge in [0.25, 0.3) is 0 Å². The van der Waals surface area contributed by atoms with Crippen LogP contribution in [0.1, 0.15) is 15.9 Å². The second kappa shape index (κ2) is 8.84. The Morgan fingerprint density at radius 1 is 0.923 bits per heavy atom. The summed E-state index contributed by atoms with van der Waals surface area (Å²) in [4.78, 5) is 24.1. The Kier molecular flexibility index (Phi) is 6.54. The zero-order chi connectivity index (χ0) is 19.1. The van der Waals surface area contributed by atoms with Crippen molar-refractivity contribution in [1.82, 2.24) is 0 Å². The molecule has 0 radical (unpaired) electrons.